The number of nitrogens with one attached hydrogen (secondary N) is 1. The molecule has 7 heteroatoms. The van der Waals surface area contributed by atoms with E-state index in [1.807, 2.05) is 0 Å². The summed E-state index contributed by atoms with van der Waals surface area (Å²) >= 11 is 0. The van der Waals surface area contributed by atoms with E-state index in [1.165, 1.54) is 12.1 Å². The number of hydrogen-bond donors (Lipinski definition) is 2. The molecular formula is C12H14N2O5. The van der Waals surface area contributed by atoms with Gasteiger partial charge in [-0.15, -0.1) is 0 Å². The van der Waals surface area contributed by atoms with Crippen molar-refractivity contribution in [3.05, 3.63) is 39.9 Å². The van der Waals surface area contributed by atoms with E-state index in [-0.39, 0.29) is 37.4 Å². The molecular weight excluding hydrogens is 252 g/mol. The molecule has 0 aliphatic rings. The highest BCUT2D eigenvalue weighted by Gasteiger charge is 2.07. The topological polar surface area (TPSA) is 110 Å². The van der Waals surface area contributed by atoms with Crippen molar-refractivity contribution in [3.8, 4) is 0 Å². The maximum absolute atomic E-state index is 11.4. The van der Waals surface area contributed by atoms with Crippen molar-refractivity contribution in [1.82, 2.24) is 5.32 Å². The van der Waals surface area contributed by atoms with Crippen LogP contribution >= 0.6 is 0 Å². The third kappa shape index (κ3) is 5.62. The highest BCUT2D eigenvalue weighted by atomic mass is 16.6. The van der Waals surface area contributed by atoms with E-state index in [9.17, 15) is 19.7 Å². The molecule has 0 unspecified atom stereocenters. The van der Waals surface area contributed by atoms with Crippen LogP contribution in [0, 0.1) is 10.1 Å². The number of carboxylic acids is 1. The maximum atomic E-state index is 11.4. The van der Waals surface area contributed by atoms with Crippen LogP contribution in [-0.4, -0.2) is 21.9 Å². The SMILES string of the molecule is O=C(O)CCCC(=O)NCc1cccc([N+](=O)[O-])c1. The van der Waals surface area contributed by atoms with Crippen molar-refractivity contribution in [2.45, 2.75) is 25.8 Å². The van der Waals surface area contributed by atoms with Gasteiger partial charge in [-0.25, -0.2) is 0 Å². The minimum absolute atomic E-state index is 0.0300. The summed E-state index contributed by atoms with van der Waals surface area (Å²) in [7, 11) is 0. The summed E-state index contributed by atoms with van der Waals surface area (Å²) in [5, 5.41) is 21.6. The van der Waals surface area contributed by atoms with Gasteiger partial charge in [0.2, 0.25) is 5.91 Å². The molecule has 0 atom stereocenters. The van der Waals surface area contributed by atoms with Crippen molar-refractivity contribution in [2.75, 3.05) is 0 Å². The molecule has 19 heavy (non-hydrogen) atoms. The number of nitro benzene ring substituents is 1. The molecule has 0 aliphatic carbocycles. The number of carbonyl (C=O) groups excluding carboxylic acids is 1. The number of amides is 1. The van der Waals surface area contributed by atoms with Crippen LogP contribution in [-0.2, 0) is 16.1 Å². The molecule has 0 aromatic heterocycles. The van der Waals surface area contributed by atoms with Gasteiger partial charge in [0.25, 0.3) is 5.69 Å². The highest BCUT2D eigenvalue weighted by Crippen LogP contribution is 2.12. The second-order valence-electron chi connectivity index (χ2n) is 3.95. The first-order valence-corrected chi connectivity index (χ1v) is 5.71. The van der Waals surface area contributed by atoms with Crippen molar-refractivity contribution in [2.24, 2.45) is 0 Å². The number of nitrogens with zero attached hydrogens (tertiary/aromatic N) is 1. The molecule has 0 aliphatic heterocycles. The Balaban J connectivity index is 2.39. The number of hydrogen-bond acceptors (Lipinski definition) is 4. The van der Waals surface area contributed by atoms with Gasteiger partial charge in [-0.2, -0.15) is 0 Å². The molecule has 1 rings (SSSR count). The minimum Gasteiger partial charge on any atom is -0.481 e. The first-order chi connectivity index (χ1) is 8.99. The zero-order valence-corrected chi connectivity index (χ0v) is 10.2. The molecule has 0 saturated heterocycles. The lowest BCUT2D eigenvalue weighted by Gasteiger charge is -2.04. The van der Waals surface area contributed by atoms with Crippen LogP contribution in [0.25, 0.3) is 0 Å². The van der Waals surface area contributed by atoms with Crippen molar-refractivity contribution < 1.29 is 19.6 Å². The second-order valence-corrected chi connectivity index (χ2v) is 3.95. The van der Waals surface area contributed by atoms with Crippen LogP contribution in [0.5, 0.6) is 0 Å². The van der Waals surface area contributed by atoms with E-state index in [1.54, 1.807) is 12.1 Å². The zero-order valence-electron chi connectivity index (χ0n) is 10.2. The van der Waals surface area contributed by atoms with Crippen molar-refractivity contribution >= 4 is 17.6 Å². The average Bonchev–Trinajstić information content (AvgIpc) is 2.36. The van der Waals surface area contributed by atoms with Crippen LogP contribution in [0.3, 0.4) is 0 Å². The van der Waals surface area contributed by atoms with E-state index < -0.39 is 10.9 Å². The smallest absolute Gasteiger partial charge is 0.303 e. The fourth-order valence-corrected chi connectivity index (χ4v) is 1.47. The van der Waals surface area contributed by atoms with Gasteiger partial charge in [0.1, 0.15) is 0 Å². The largest absolute Gasteiger partial charge is 0.481 e. The summed E-state index contributed by atoms with van der Waals surface area (Å²) in [6.07, 6.45) is 0.349. The van der Waals surface area contributed by atoms with Crippen LogP contribution in [0.4, 0.5) is 5.69 Å². The minimum atomic E-state index is -0.938. The molecule has 102 valence electrons. The molecule has 0 saturated carbocycles. The number of aliphatic carboxylic acids is 1. The predicted molar refractivity (Wildman–Crippen MR) is 66.4 cm³/mol. The Bertz CT molecular complexity index is 487. The fraction of sp³-hybridized carbons (Fsp3) is 0.333. The number of carbonyl (C=O) groups is 2. The van der Waals surface area contributed by atoms with Gasteiger partial charge in [-0.1, -0.05) is 12.1 Å². The lowest BCUT2D eigenvalue weighted by atomic mass is 10.2. The van der Waals surface area contributed by atoms with Crippen molar-refractivity contribution in [1.29, 1.82) is 0 Å². The summed E-state index contributed by atoms with van der Waals surface area (Å²) in [6, 6.07) is 5.98. The van der Waals surface area contributed by atoms with Gasteiger partial charge < -0.3 is 10.4 Å². The van der Waals surface area contributed by atoms with Gasteiger partial charge in [-0.3, -0.25) is 19.7 Å². The van der Waals surface area contributed by atoms with Crippen LogP contribution in [0.15, 0.2) is 24.3 Å². The van der Waals surface area contributed by atoms with Crippen LogP contribution in [0.2, 0.25) is 0 Å². The Labute approximate surface area is 109 Å². The lowest BCUT2D eigenvalue weighted by Crippen LogP contribution is -2.22. The number of nitro groups is 1. The summed E-state index contributed by atoms with van der Waals surface area (Å²) < 4.78 is 0. The van der Waals surface area contributed by atoms with Crippen molar-refractivity contribution in [3.63, 3.8) is 0 Å². The summed E-state index contributed by atoms with van der Waals surface area (Å²) in [6.45, 7) is 0.188. The molecule has 7 nitrogen and oxygen atoms in total. The Hall–Kier alpha value is -2.44. The second kappa shape index (κ2) is 7.10. The number of carboxylic acid groups (broad SMARTS) is 1. The average molecular weight is 266 g/mol. The van der Waals surface area contributed by atoms with E-state index in [0.29, 0.717) is 5.56 Å². The van der Waals surface area contributed by atoms with Gasteiger partial charge in [-0.05, 0) is 12.0 Å². The predicted octanol–water partition coefficient (Wildman–Crippen LogP) is 1.47. The van der Waals surface area contributed by atoms with Gasteiger partial charge in [0.15, 0.2) is 0 Å². The molecule has 0 radical (unpaired) electrons. The standard InChI is InChI=1S/C12H14N2O5/c15-11(5-2-6-12(16)17)13-8-9-3-1-4-10(7-9)14(18)19/h1,3-4,7H,2,5-6,8H2,(H,13,15)(H,16,17). The van der Waals surface area contributed by atoms with Gasteiger partial charge in [0, 0.05) is 31.5 Å². The van der Waals surface area contributed by atoms with Crippen LogP contribution < -0.4 is 5.32 Å². The highest BCUT2D eigenvalue weighted by molar-refractivity contribution is 5.76. The third-order valence-corrected chi connectivity index (χ3v) is 2.41. The monoisotopic (exact) mass is 266 g/mol. The van der Waals surface area contributed by atoms with Crippen LogP contribution in [0.1, 0.15) is 24.8 Å². The first kappa shape index (κ1) is 14.6. The van der Waals surface area contributed by atoms with E-state index in [4.69, 9.17) is 5.11 Å². The summed E-state index contributed by atoms with van der Waals surface area (Å²) in [4.78, 5) is 31.7. The Morgan fingerprint density at radius 3 is 2.68 bits per heavy atom. The number of benzene rings is 1. The molecule has 0 spiro atoms. The Morgan fingerprint density at radius 2 is 2.05 bits per heavy atom. The molecule has 0 heterocycles. The van der Waals surface area contributed by atoms with E-state index in [0.717, 1.165) is 0 Å². The maximum Gasteiger partial charge on any atom is 0.303 e. The molecule has 1 aromatic carbocycles. The van der Waals surface area contributed by atoms with Gasteiger partial charge in [0.05, 0.1) is 4.92 Å². The van der Waals surface area contributed by atoms with E-state index >= 15 is 0 Å². The molecule has 1 aromatic rings. The molecule has 2 N–H and O–H groups in total. The summed E-state index contributed by atoms with van der Waals surface area (Å²) in [5.74, 6) is -1.21. The number of rotatable bonds is 7. The van der Waals surface area contributed by atoms with Gasteiger partial charge >= 0.3 is 5.97 Å². The quantitative estimate of drug-likeness (QED) is 0.573. The Kier molecular flexibility index (Phi) is 5.46. The molecule has 0 bridgehead atoms. The molecule has 0 fully saturated rings. The first-order valence-electron chi connectivity index (χ1n) is 5.71. The molecule has 1 amide bonds. The normalized spacial score (nSPS) is 9.89. The zero-order chi connectivity index (χ0) is 14.3. The Morgan fingerprint density at radius 1 is 1.32 bits per heavy atom. The third-order valence-electron chi connectivity index (χ3n) is 2.41. The number of non-ortho nitro benzene ring substituents is 1. The van der Waals surface area contributed by atoms with E-state index in [2.05, 4.69) is 5.32 Å². The fourth-order valence-electron chi connectivity index (χ4n) is 1.47. The lowest BCUT2D eigenvalue weighted by molar-refractivity contribution is -0.384. The summed E-state index contributed by atoms with van der Waals surface area (Å²) in [5.41, 5.74) is 0.596.